The van der Waals surface area contributed by atoms with Crippen LogP contribution in [0.25, 0.3) is 0 Å². The lowest BCUT2D eigenvalue weighted by Gasteiger charge is -2.37. The number of amides is 2. The molecule has 1 heterocycles. The number of hydrogen-bond acceptors (Lipinski definition) is 4. The van der Waals surface area contributed by atoms with Crippen molar-refractivity contribution in [2.24, 2.45) is 5.73 Å². The van der Waals surface area contributed by atoms with Gasteiger partial charge in [0.25, 0.3) is 5.91 Å². The van der Waals surface area contributed by atoms with Crippen molar-refractivity contribution >= 4 is 11.8 Å². The van der Waals surface area contributed by atoms with Crippen molar-refractivity contribution in [3.8, 4) is 0 Å². The van der Waals surface area contributed by atoms with Crippen molar-refractivity contribution in [2.75, 3.05) is 26.8 Å². The number of nitrogens with one attached hydrogen (secondary N) is 1. The molecule has 2 unspecified atom stereocenters. The van der Waals surface area contributed by atoms with E-state index in [1.165, 1.54) is 7.11 Å². The van der Waals surface area contributed by atoms with Crippen LogP contribution in [-0.4, -0.2) is 55.6 Å². The summed E-state index contributed by atoms with van der Waals surface area (Å²) in [6.07, 6.45) is 2.89. The maximum absolute atomic E-state index is 12.4. The molecule has 23 heavy (non-hydrogen) atoms. The zero-order valence-corrected chi connectivity index (χ0v) is 13.5. The highest BCUT2D eigenvalue weighted by molar-refractivity contribution is 5.94. The highest BCUT2D eigenvalue weighted by atomic mass is 16.5. The third-order valence-corrected chi connectivity index (χ3v) is 4.11. The number of hydrogen-bond donors (Lipinski definition) is 2. The molecule has 6 nitrogen and oxygen atoms in total. The summed E-state index contributed by atoms with van der Waals surface area (Å²) in [5.74, 6) is -0.227. The fourth-order valence-electron chi connectivity index (χ4n) is 2.87. The predicted octanol–water partition coefficient (Wildman–Crippen LogP) is 0.771. The lowest BCUT2D eigenvalue weighted by molar-refractivity contribution is -0.137. The number of piperidine rings is 1. The molecular weight excluding hydrogens is 294 g/mol. The molecule has 6 heteroatoms. The van der Waals surface area contributed by atoms with Crippen LogP contribution < -0.4 is 11.1 Å². The lowest BCUT2D eigenvalue weighted by atomic mass is 10.0. The molecule has 0 aromatic heterocycles. The van der Waals surface area contributed by atoms with Gasteiger partial charge in [0.1, 0.15) is 6.04 Å². The molecule has 1 aliphatic rings. The topological polar surface area (TPSA) is 84.7 Å². The second-order valence-corrected chi connectivity index (χ2v) is 5.82. The van der Waals surface area contributed by atoms with Gasteiger partial charge in [-0.15, -0.1) is 0 Å². The first-order valence-electron chi connectivity index (χ1n) is 8.01. The molecule has 0 spiro atoms. The summed E-state index contributed by atoms with van der Waals surface area (Å²) in [5.41, 5.74) is 6.49. The van der Waals surface area contributed by atoms with E-state index in [2.05, 4.69) is 5.32 Å². The molecule has 0 aliphatic carbocycles. The van der Waals surface area contributed by atoms with Crippen LogP contribution in [0.3, 0.4) is 0 Å². The molecule has 1 aromatic rings. The number of benzene rings is 1. The van der Waals surface area contributed by atoms with Gasteiger partial charge in [-0.1, -0.05) is 18.2 Å². The van der Waals surface area contributed by atoms with Gasteiger partial charge in [0.05, 0.1) is 6.61 Å². The summed E-state index contributed by atoms with van der Waals surface area (Å²) in [6.45, 7) is 1.33. The summed E-state index contributed by atoms with van der Waals surface area (Å²) in [7, 11) is 1.53. The van der Waals surface area contributed by atoms with Crippen molar-refractivity contribution in [1.82, 2.24) is 10.2 Å². The average Bonchev–Trinajstić information content (AvgIpc) is 2.60. The van der Waals surface area contributed by atoms with Gasteiger partial charge in [-0.25, -0.2) is 0 Å². The monoisotopic (exact) mass is 319 g/mol. The first-order valence-corrected chi connectivity index (χ1v) is 8.01. The highest BCUT2D eigenvalue weighted by Crippen LogP contribution is 2.17. The summed E-state index contributed by atoms with van der Waals surface area (Å²) in [6, 6.07) is 8.42. The molecular formula is C17H25N3O3. The van der Waals surface area contributed by atoms with Gasteiger partial charge in [0, 0.05) is 31.8 Å². The van der Waals surface area contributed by atoms with Gasteiger partial charge in [0.15, 0.2) is 0 Å². The number of rotatable bonds is 6. The predicted molar refractivity (Wildman–Crippen MR) is 88.0 cm³/mol. The van der Waals surface area contributed by atoms with E-state index in [9.17, 15) is 9.59 Å². The SMILES string of the molecule is COCC(N)C(=O)N1CCCCC1CNC(=O)c1ccccc1. The Labute approximate surface area is 137 Å². The van der Waals surface area contributed by atoms with Crippen LogP contribution in [-0.2, 0) is 9.53 Å². The summed E-state index contributed by atoms with van der Waals surface area (Å²) < 4.78 is 4.96. The quantitative estimate of drug-likeness (QED) is 0.811. The maximum Gasteiger partial charge on any atom is 0.251 e. The molecule has 2 rings (SSSR count). The molecule has 1 aromatic carbocycles. The molecule has 1 aliphatic heterocycles. The smallest absolute Gasteiger partial charge is 0.251 e. The van der Waals surface area contributed by atoms with E-state index in [1.54, 1.807) is 17.0 Å². The molecule has 2 atom stereocenters. The molecule has 1 saturated heterocycles. The van der Waals surface area contributed by atoms with Crippen LogP contribution in [0.1, 0.15) is 29.6 Å². The zero-order chi connectivity index (χ0) is 16.7. The fourth-order valence-corrected chi connectivity index (χ4v) is 2.87. The van der Waals surface area contributed by atoms with Gasteiger partial charge in [-0.2, -0.15) is 0 Å². The lowest BCUT2D eigenvalue weighted by Crippen LogP contribution is -2.55. The van der Waals surface area contributed by atoms with Gasteiger partial charge < -0.3 is 20.7 Å². The second-order valence-electron chi connectivity index (χ2n) is 5.82. The fraction of sp³-hybridized carbons (Fsp3) is 0.529. The van der Waals surface area contributed by atoms with Crippen LogP contribution in [0.15, 0.2) is 30.3 Å². The standard InChI is InChI=1S/C17H25N3O3/c1-23-12-15(18)17(22)20-10-6-5-9-14(20)11-19-16(21)13-7-3-2-4-8-13/h2-4,7-8,14-15H,5-6,9-12,18H2,1H3,(H,19,21). The summed E-state index contributed by atoms with van der Waals surface area (Å²) in [5, 5.41) is 2.92. The molecule has 1 fully saturated rings. The minimum Gasteiger partial charge on any atom is -0.383 e. The van der Waals surface area contributed by atoms with Crippen molar-refractivity contribution < 1.29 is 14.3 Å². The van der Waals surface area contributed by atoms with E-state index in [1.807, 2.05) is 18.2 Å². The van der Waals surface area contributed by atoms with Crippen LogP contribution in [0.4, 0.5) is 0 Å². The van der Waals surface area contributed by atoms with Gasteiger partial charge >= 0.3 is 0 Å². The van der Waals surface area contributed by atoms with Crippen molar-refractivity contribution in [1.29, 1.82) is 0 Å². The number of carbonyl (C=O) groups excluding carboxylic acids is 2. The molecule has 0 bridgehead atoms. The van der Waals surface area contributed by atoms with Crippen LogP contribution in [0.5, 0.6) is 0 Å². The van der Waals surface area contributed by atoms with E-state index in [0.717, 1.165) is 19.3 Å². The molecule has 3 N–H and O–H groups in total. The molecule has 0 saturated carbocycles. The maximum atomic E-state index is 12.4. The van der Waals surface area contributed by atoms with Gasteiger partial charge in [-0.3, -0.25) is 9.59 Å². The minimum atomic E-state index is -0.648. The second kappa shape index (κ2) is 8.64. The first-order chi connectivity index (χ1) is 11.1. The van der Waals surface area contributed by atoms with E-state index >= 15 is 0 Å². The number of likely N-dealkylation sites (tertiary alicyclic amines) is 1. The number of nitrogens with two attached hydrogens (primary N) is 1. The van der Waals surface area contributed by atoms with E-state index < -0.39 is 6.04 Å². The normalized spacial score (nSPS) is 19.2. The molecule has 126 valence electrons. The Kier molecular flexibility index (Phi) is 6.55. The third-order valence-electron chi connectivity index (χ3n) is 4.11. The number of methoxy groups -OCH3 is 1. The first kappa shape index (κ1) is 17.4. The van der Waals surface area contributed by atoms with E-state index in [4.69, 9.17) is 10.5 Å². The summed E-state index contributed by atoms with van der Waals surface area (Å²) in [4.78, 5) is 26.4. The Morgan fingerprint density at radius 3 is 2.78 bits per heavy atom. The number of ether oxygens (including phenoxy) is 1. The highest BCUT2D eigenvalue weighted by Gasteiger charge is 2.30. The Morgan fingerprint density at radius 1 is 1.35 bits per heavy atom. The Hall–Kier alpha value is -1.92. The van der Waals surface area contributed by atoms with E-state index in [0.29, 0.717) is 18.7 Å². The van der Waals surface area contributed by atoms with Crippen LogP contribution in [0, 0.1) is 0 Å². The van der Waals surface area contributed by atoms with Crippen LogP contribution in [0.2, 0.25) is 0 Å². The Morgan fingerprint density at radius 2 is 2.09 bits per heavy atom. The zero-order valence-electron chi connectivity index (χ0n) is 13.5. The van der Waals surface area contributed by atoms with E-state index in [-0.39, 0.29) is 24.5 Å². The third kappa shape index (κ3) is 4.77. The largest absolute Gasteiger partial charge is 0.383 e. The molecule has 2 amide bonds. The van der Waals surface area contributed by atoms with Crippen molar-refractivity contribution in [3.63, 3.8) is 0 Å². The Bertz CT molecular complexity index is 521. The van der Waals surface area contributed by atoms with Gasteiger partial charge in [0.2, 0.25) is 5.91 Å². The van der Waals surface area contributed by atoms with Crippen molar-refractivity contribution in [2.45, 2.75) is 31.3 Å². The number of nitrogens with zero attached hydrogens (tertiary/aromatic N) is 1. The minimum absolute atomic E-state index is 0.00758. The molecule has 0 radical (unpaired) electrons. The van der Waals surface area contributed by atoms with Crippen LogP contribution >= 0.6 is 0 Å². The average molecular weight is 319 g/mol. The van der Waals surface area contributed by atoms with Crippen molar-refractivity contribution in [3.05, 3.63) is 35.9 Å². The van der Waals surface area contributed by atoms with Gasteiger partial charge in [-0.05, 0) is 31.4 Å². The Balaban J connectivity index is 1.93. The number of carbonyl (C=O) groups is 2. The summed E-state index contributed by atoms with van der Waals surface area (Å²) >= 11 is 0.